The third-order valence-corrected chi connectivity index (χ3v) is 6.88. The summed E-state index contributed by atoms with van der Waals surface area (Å²) in [7, 11) is 0. The summed E-state index contributed by atoms with van der Waals surface area (Å²) in [6.45, 7) is 4.42. The second kappa shape index (κ2) is 12.9. The van der Waals surface area contributed by atoms with Crippen LogP contribution in [0.1, 0.15) is 25.3 Å². The van der Waals surface area contributed by atoms with Crippen LogP contribution in [-0.4, -0.2) is 9.97 Å². The molecule has 3 aromatic heterocycles. The Morgan fingerprint density at radius 1 is 0.659 bits per heavy atom. The van der Waals surface area contributed by atoms with Crippen molar-refractivity contribution in [3.63, 3.8) is 0 Å². The van der Waals surface area contributed by atoms with Crippen molar-refractivity contribution in [3.8, 4) is 33.6 Å². The zero-order valence-electron chi connectivity index (χ0n) is 22.8. The van der Waals surface area contributed by atoms with Crippen molar-refractivity contribution in [2.45, 2.75) is 19.8 Å². The monoisotopic (exact) mass is 709 g/mol. The summed E-state index contributed by atoms with van der Waals surface area (Å²) in [4.78, 5) is 8.79. The number of fused-ring (bicyclic) bond motifs is 3. The van der Waals surface area contributed by atoms with Gasteiger partial charge in [-0.2, -0.15) is 0 Å². The van der Waals surface area contributed by atoms with E-state index in [1.54, 1.807) is 12.4 Å². The largest absolute Gasteiger partial charge is 0.501 e. The van der Waals surface area contributed by atoms with Gasteiger partial charge in [0, 0.05) is 37.9 Å². The Morgan fingerprint density at radius 3 is 2.07 bits per heavy atom. The second-order valence-electron chi connectivity index (χ2n) is 9.86. The number of hydrogen-bond acceptors (Lipinski definition) is 3. The van der Waals surface area contributed by atoms with Crippen molar-refractivity contribution >= 4 is 21.9 Å². The molecule has 0 saturated carbocycles. The summed E-state index contributed by atoms with van der Waals surface area (Å²) in [5.74, 6) is 0.451. The number of nitrogens with zero attached hydrogens (tertiary/aromatic N) is 2. The molecule has 203 valence electrons. The van der Waals surface area contributed by atoms with Gasteiger partial charge in [0.1, 0.15) is 5.58 Å². The van der Waals surface area contributed by atoms with Gasteiger partial charge in [-0.1, -0.05) is 91.5 Å². The molecule has 3 nitrogen and oxygen atoms in total. The maximum atomic E-state index is 6.16. The molecule has 7 rings (SSSR count). The molecule has 41 heavy (non-hydrogen) atoms. The maximum absolute atomic E-state index is 6.16. The molecule has 0 atom stereocenters. The molecule has 0 saturated heterocycles. The molecule has 3 heterocycles. The van der Waals surface area contributed by atoms with E-state index in [-0.39, 0.29) is 20.1 Å². The van der Waals surface area contributed by atoms with Crippen LogP contribution in [0.15, 0.2) is 132 Å². The van der Waals surface area contributed by atoms with Crippen LogP contribution < -0.4 is 0 Å². The van der Waals surface area contributed by atoms with E-state index in [0.29, 0.717) is 5.92 Å². The van der Waals surface area contributed by atoms with Crippen molar-refractivity contribution in [2.24, 2.45) is 0 Å². The van der Waals surface area contributed by atoms with Crippen LogP contribution in [0.2, 0.25) is 0 Å². The average molecular weight is 709 g/mol. The molecule has 0 N–H and O–H groups in total. The van der Waals surface area contributed by atoms with E-state index in [4.69, 9.17) is 4.42 Å². The van der Waals surface area contributed by atoms with Crippen LogP contribution in [0.3, 0.4) is 0 Å². The third kappa shape index (κ3) is 6.05. The Bertz CT molecular complexity index is 1810. The normalized spacial score (nSPS) is 10.7. The van der Waals surface area contributed by atoms with E-state index in [9.17, 15) is 0 Å². The Hall–Kier alpha value is -4.37. The van der Waals surface area contributed by atoms with Crippen LogP contribution in [0, 0.1) is 12.1 Å². The molecule has 0 aliphatic carbocycles. The number of furan rings is 1. The van der Waals surface area contributed by atoms with Crippen molar-refractivity contribution < 1.29 is 24.5 Å². The van der Waals surface area contributed by atoms with E-state index >= 15 is 0 Å². The summed E-state index contributed by atoms with van der Waals surface area (Å²) < 4.78 is 6.16. The molecule has 0 fully saturated rings. The minimum Gasteiger partial charge on any atom is -0.501 e. The fourth-order valence-electron chi connectivity index (χ4n) is 4.95. The Labute approximate surface area is 254 Å². The first-order valence-electron chi connectivity index (χ1n) is 13.4. The topological polar surface area (TPSA) is 38.9 Å². The maximum Gasteiger partial charge on any atom is 0.121 e. The number of rotatable bonds is 4. The first kappa shape index (κ1) is 28.2. The van der Waals surface area contributed by atoms with Crippen LogP contribution in [0.25, 0.3) is 55.6 Å². The summed E-state index contributed by atoms with van der Waals surface area (Å²) >= 11 is 0. The molecule has 0 bridgehead atoms. The fourth-order valence-corrected chi connectivity index (χ4v) is 4.95. The van der Waals surface area contributed by atoms with Gasteiger partial charge in [-0.3, -0.25) is 0 Å². The van der Waals surface area contributed by atoms with Crippen LogP contribution >= 0.6 is 0 Å². The Balaban J connectivity index is 0.000000164. The van der Waals surface area contributed by atoms with Gasteiger partial charge < -0.3 is 14.4 Å². The molecule has 0 spiro atoms. The molecule has 0 unspecified atom stereocenters. The van der Waals surface area contributed by atoms with Gasteiger partial charge >= 0.3 is 0 Å². The van der Waals surface area contributed by atoms with Gasteiger partial charge in [0.2, 0.25) is 0 Å². The zero-order chi connectivity index (χ0) is 27.3. The van der Waals surface area contributed by atoms with Crippen LogP contribution in [0.5, 0.6) is 0 Å². The van der Waals surface area contributed by atoms with Crippen molar-refractivity contribution in [3.05, 3.63) is 145 Å². The van der Waals surface area contributed by atoms with Crippen molar-refractivity contribution in [1.82, 2.24) is 9.97 Å². The Morgan fingerprint density at radius 2 is 1.37 bits per heavy atom. The summed E-state index contributed by atoms with van der Waals surface area (Å²) in [6, 6.07) is 45.1. The molecular formula is C37H28IrN2O-2. The molecule has 1 radical (unpaired) electrons. The van der Waals surface area contributed by atoms with Gasteiger partial charge in [-0.05, 0) is 46.6 Å². The minimum atomic E-state index is 0. The first-order valence-corrected chi connectivity index (χ1v) is 13.4. The number of aromatic nitrogens is 2. The predicted octanol–water partition coefficient (Wildman–Crippen LogP) is 9.78. The smallest absolute Gasteiger partial charge is 0.121 e. The average Bonchev–Trinajstić information content (AvgIpc) is 3.42. The summed E-state index contributed by atoms with van der Waals surface area (Å²) in [6.07, 6.45) is 3.60. The quantitative estimate of drug-likeness (QED) is 0.171. The Kier molecular flexibility index (Phi) is 8.84. The fraction of sp³-hybridized carbons (Fsp3) is 0.0811. The number of benzene rings is 4. The van der Waals surface area contributed by atoms with Gasteiger partial charge in [0.25, 0.3) is 0 Å². The van der Waals surface area contributed by atoms with E-state index < -0.39 is 0 Å². The van der Waals surface area contributed by atoms with Gasteiger partial charge in [-0.15, -0.1) is 53.6 Å². The molecule has 4 aromatic carbocycles. The SMILES string of the molecule is CC(C)c1cccc2oc3c(-c4ccccn4)[c-]ccc3c12.[Ir].[c-]1ccc(-c2ccccc2)cc1-c1ccccn1. The molecule has 4 heteroatoms. The predicted molar refractivity (Wildman–Crippen MR) is 164 cm³/mol. The second-order valence-corrected chi connectivity index (χ2v) is 9.86. The minimum absolute atomic E-state index is 0. The van der Waals surface area contributed by atoms with E-state index in [2.05, 4.69) is 78.4 Å². The molecule has 7 aromatic rings. The zero-order valence-corrected chi connectivity index (χ0v) is 25.2. The summed E-state index contributed by atoms with van der Waals surface area (Å²) in [5.41, 5.74) is 9.30. The van der Waals surface area contributed by atoms with Crippen LogP contribution in [-0.2, 0) is 20.1 Å². The van der Waals surface area contributed by atoms with Gasteiger partial charge in [-0.25, -0.2) is 0 Å². The molecule has 0 aliphatic heterocycles. The van der Waals surface area contributed by atoms with Gasteiger partial charge in [0.05, 0.1) is 5.58 Å². The van der Waals surface area contributed by atoms with Crippen molar-refractivity contribution in [1.29, 1.82) is 0 Å². The molecule has 0 aliphatic rings. The number of hydrogen-bond donors (Lipinski definition) is 0. The van der Waals surface area contributed by atoms with Crippen LogP contribution in [0.4, 0.5) is 0 Å². The molecular weight excluding hydrogens is 681 g/mol. The first-order chi connectivity index (χ1) is 19.7. The summed E-state index contributed by atoms with van der Waals surface area (Å²) in [5, 5.41) is 2.34. The third-order valence-electron chi connectivity index (χ3n) is 6.88. The van der Waals surface area contributed by atoms with E-state index in [1.807, 2.05) is 72.8 Å². The standard InChI is InChI=1S/C20H16NO.C17H12N.Ir/c1-13(2)14-7-6-11-18-19(14)16-9-5-8-15(20(16)22-18)17-10-3-4-12-21-17;1-2-7-14(8-3-1)15-9-6-10-16(13-15)17-11-4-5-12-18-17;/h3-7,9-13H,1-2H3;1-9,11-13H;/q2*-1;. The molecule has 0 amide bonds. The van der Waals surface area contributed by atoms with E-state index in [0.717, 1.165) is 39.1 Å². The van der Waals surface area contributed by atoms with Crippen molar-refractivity contribution in [2.75, 3.05) is 0 Å². The van der Waals surface area contributed by atoms with Gasteiger partial charge in [0.15, 0.2) is 0 Å². The van der Waals surface area contributed by atoms with E-state index in [1.165, 1.54) is 22.1 Å². The number of pyridine rings is 2.